The van der Waals surface area contributed by atoms with Crippen LogP contribution in [0.1, 0.15) is 74.6 Å². The molecule has 0 aromatic carbocycles. The minimum absolute atomic E-state index is 0.0935. The van der Waals surface area contributed by atoms with Crippen molar-refractivity contribution in [1.29, 1.82) is 0 Å². The van der Waals surface area contributed by atoms with E-state index < -0.39 is 5.97 Å². The fourth-order valence-electron chi connectivity index (χ4n) is 2.30. The van der Waals surface area contributed by atoms with E-state index in [1.54, 1.807) is 0 Å². The number of carbonyl (C=O) groups excluding carboxylic acids is 1. The summed E-state index contributed by atoms with van der Waals surface area (Å²) in [5.74, 6) is 0.940. The SMILES string of the molecule is CCCCC(CC)COC(=O)c1nc(C2CC2)nc(N)c1Cl. The van der Waals surface area contributed by atoms with Gasteiger partial charge in [-0.15, -0.1) is 0 Å². The van der Waals surface area contributed by atoms with Crippen LogP contribution in [-0.4, -0.2) is 22.5 Å². The smallest absolute Gasteiger partial charge is 0.358 e. The van der Waals surface area contributed by atoms with Gasteiger partial charge in [0, 0.05) is 5.92 Å². The van der Waals surface area contributed by atoms with E-state index in [1.165, 1.54) is 0 Å². The molecule has 122 valence electrons. The zero-order valence-corrected chi connectivity index (χ0v) is 14.0. The number of aromatic nitrogens is 2. The lowest BCUT2D eigenvalue weighted by Gasteiger charge is -2.15. The summed E-state index contributed by atoms with van der Waals surface area (Å²) in [5, 5.41) is 0.0935. The molecular formula is C16H24ClN3O2. The normalized spacial score (nSPS) is 15.6. The van der Waals surface area contributed by atoms with Gasteiger partial charge in [-0.05, 0) is 25.2 Å². The molecule has 0 bridgehead atoms. The van der Waals surface area contributed by atoms with Crippen LogP contribution >= 0.6 is 11.6 Å². The van der Waals surface area contributed by atoms with Crippen LogP contribution in [0.3, 0.4) is 0 Å². The second-order valence-corrected chi connectivity index (χ2v) is 6.30. The molecule has 0 spiro atoms. The summed E-state index contributed by atoms with van der Waals surface area (Å²) in [4.78, 5) is 20.7. The van der Waals surface area contributed by atoms with E-state index in [4.69, 9.17) is 22.1 Å². The fourth-order valence-corrected chi connectivity index (χ4v) is 2.46. The Kier molecular flexibility index (Phi) is 6.00. The number of rotatable bonds is 8. The number of hydrogen-bond acceptors (Lipinski definition) is 5. The van der Waals surface area contributed by atoms with Crippen molar-refractivity contribution in [3.8, 4) is 0 Å². The van der Waals surface area contributed by atoms with Crippen molar-refractivity contribution < 1.29 is 9.53 Å². The highest BCUT2D eigenvalue weighted by molar-refractivity contribution is 6.35. The Morgan fingerprint density at radius 1 is 1.41 bits per heavy atom. The molecule has 1 unspecified atom stereocenters. The number of halogens is 1. The Morgan fingerprint density at radius 2 is 2.14 bits per heavy atom. The standard InChI is InChI=1S/C16H24ClN3O2/c1-3-5-6-10(4-2)9-22-16(21)13-12(17)14(18)20-15(19-13)11-7-8-11/h10-11H,3-9H2,1-2H3,(H2,18,19,20). The van der Waals surface area contributed by atoms with Gasteiger partial charge in [0.1, 0.15) is 16.7 Å². The monoisotopic (exact) mass is 325 g/mol. The molecule has 0 aliphatic heterocycles. The van der Waals surface area contributed by atoms with E-state index in [1.807, 2.05) is 0 Å². The van der Waals surface area contributed by atoms with Crippen LogP contribution in [0.5, 0.6) is 0 Å². The first-order chi connectivity index (χ1) is 10.6. The molecule has 0 saturated heterocycles. The second-order valence-electron chi connectivity index (χ2n) is 5.92. The van der Waals surface area contributed by atoms with E-state index >= 15 is 0 Å². The number of nitrogen functional groups attached to an aromatic ring is 1. The van der Waals surface area contributed by atoms with Crippen LogP contribution in [0.15, 0.2) is 0 Å². The quantitative estimate of drug-likeness (QED) is 0.732. The number of esters is 1. The molecule has 0 amide bonds. The highest BCUT2D eigenvalue weighted by atomic mass is 35.5. The van der Waals surface area contributed by atoms with Gasteiger partial charge in [-0.1, -0.05) is 44.7 Å². The molecule has 1 aliphatic carbocycles. The van der Waals surface area contributed by atoms with Gasteiger partial charge in [-0.3, -0.25) is 0 Å². The second kappa shape index (κ2) is 7.77. The third-order valence-corrected chi connectivity index (χ3v) is 4.40. The minimum Gasteiger partial charge on any atom is -0.461 e. The van der Waals surface area contributed by atoms with Gasteiger partial charge >= 0.3 is 5.97 Å². The molecule has 1 aliphatic rings. The molecule has 6 heteroatoms. The lowest BCUT2D eigenvalue weighted by atomic mass is 10.0. The molecule has 1 heterocycles. The highest BCUT2D eigenvalue weighted by Crippen LogP contribution is 2.39. The number of ether oxygens (including phenoxy) is 1. The van der Waals surface area contributed by atoms with Crippen molar-refractivity contribution in [2.75, 3.05) is 12.3 Å². The predicted molar refractivity (Wildman–Crippen MR) is 87.0 cm³/mol. The van der Waals surface area contributed by atoms with Crippen molar-refractivity contribution in [3.05, 3.63) is 16.5 Å². The number of nitrogens with zero attached hydrogens (tertiary/aromatic N) is 2. The Hall–Kier alpha value is -1.36. The Morgan fingerprint density at radius 3 is 2.73 bits per heavy atom. The molecule has 2 rings (SSSR count). The Bertz CT molecular complexity index is 532. The van der Waals surface area contributed by atoms with Crippen molar-refractivity contribution in [1.82, 2.24) is 9.97 Å². The maximum atomic E-state index is 12.3. The summed E-state index contributed by atoms with van der Waals surface area (Å²) in [6.07, 6.45) is 6.40. The molecule has 1 saturated carbocycles. The summed E-state index contributed by atoms with van der Waals surface area (Å²) in [5.41, 5.74) is 5.88. The molecule has 1 atom stereocenters. The van der Waals surface area contributed by atoms with E-state index in [-0.39, 0.29) is 16.5 Å². The summed E-state index contributed by atoms with van der Waals surface area (Å²) in [6, 6.07) is 0. The summed E-state index contributed by atoms with van der Waals surface area (Å²) in [7, 11) is 0. The van der Waals surface area contributed by atoms with Crippen LogP contribution in [0, 0.1) is 5.92 Å². The number of unbranched alkanes of at least 4 members (excludes halogenated alkanes) is 1. The number of anilines is 1. The van der Waals surface area contributed by atoms with Crippen molar-refractivity contribution in [3.63, 3.8) is 0 Å². The molecule has 1 aromatic rings. The van der Waals surface area contributed by atoms with Crippen molar-refractivity contribution in [2.45, 2.75) is 58.3 Å². The van der Waals surface area contributed by atoms with Crippen molar-refractivity contribution >= 4 is 23.4 Å². The topological polar surface area (TPSA) is 78.1 Å². The average molecular weight is 326 g/mol. The van der Waals surface area contributed by atoms with E-state index in [2.05, 4.69) is 23.8 Å². The maximum absolute atomic E-state index is 12.3. The van der Waals surface area contributed by atoms with Gasteiger partial charge in [-0.2, -0.15) is 0 Å². The molecule has 1 fully saturated rings. The fraction of sp³-hybridized carbons (Fsp3) is 0.688. The van der Waals surface area contributed by atoms with E-state index in [9.17, 15) is 4.79 Å². The lowest BCUT2D eigenvalue weighted by molar-refractivity contribution is 0.0421. The van der Waals surface area contributed by atoms with Gasteiger partial charge in [0.2, 0.25) is 0 Å². The predicted octanol–water partition coefficient (Wildman–Crippen LogP) is 3.96. The van der Waals surface area contributed by atoms with Crippen molar-refractivity contribution in [2.24, 2.45) is 5.92 Å². The van der Waals surface area contributed by atoms with Crippen LogP contribution in [0.4, 0.5) is 5.82 Å². The molecular weight excluding hydrogens is 302 g/mol. The van der Waals surface area contributed by atoms with Gasteiger partial charge in [0.25, 0.3) is 0 Å². The lowest BCUT2D eigenvalue weighted by Crippen LogP contribution is -2.17. The van der Waals surface area contributed by atoms with Crippen LogP contribution in [-0.2, 0) is 4.74 Å². The molecule has 1 aromatic heterocycles. The first-order valence-corrected chi connectivity index (χ1v) is 8.44. The van der Waals surface area contributed by atoms with Gasteiger partial charge in [0.05, 0.1) is 6.61 Å². The van der Waals surface area contributed by atoms with Gasteiger partial charge in [-0.25, -0.2) is 14.8 Å². The van der Waals surface area contributed by atoms with Crippen LogP contribution in [0.25, 0.3) is 0 Å². The number of carbonyl (C=O) groups is 1. The first kappa shape index (κ1) is 17.0. The summed E-state index contributed by atoms with van der Waals surface area (Å²) in [6.45, 7) is 4.66. The van der Waals surface area contributed by atoms with E-state index in [0.717, 1.165) is 38.5 Å². The highest BCUT2D eigenvalue weighted by Gasteiger charge is 2.30. The maximum Gasteiger partial charge on any atom is 0.358 e. The Balaban J connectivity index is 2.02. The van der Waals surface area contributed by atoms with Crippen LogP contribution < -0.4 is 5.73 Å². The van der Waals surface area contributed by atoms with Gasteiger partial charge in [0.15, 0.2) is 5.69 Å². The van der Waals surface area contributed by atoms with Gasteiger partial charge < -0.3 is 10.5 Å². The molecule has 22 heavy (non-hydrogen) atoms. The summed E-state index contributed by atoms with van der Waals surface area (Å²) < 4.78 is 5.40. The number of hydrogen-bond donors (Lipinski definition) is 1. The third kappa shape index (κ3) is 4.32. The Labute approximate surface area is 136 Å². The molecule has 2 N–H and O–H groups in total. The summed E-state index contributed by atoms with van der Waals surface area (Å²) >= 11 is 6.07. The number of nitrogens with two attached hydrogens (primary N) is 1. The zero-order chi connectivity index (χ0) is 16.1. The average Bonchev–Trinajstić information content (AvgIpc) is 3.34. The largest absolute Gasteiger partial charge is 0.461 e. The van der Waals surface area contributed by atoms with E-state index in [0.29, 0.717) is 24.3 Å². The third-order valence-electron chi connectivity index (χ3n) is 4.02. The molecule has 5 nitrogen and oxygen atoms in total. The molecule has 0 radical (unpaired) electrons. The van der Waals surface area contributed by atoms with Crippen LogP contribution in [0.2, 0.25) is 5.02 Å². The zero-order valence-electron chi connectivity index (χ0n) is 13.3. The minimum atomic E-state index is -0.504. The first-order valence-electron chi connectivity index (χ1n) is 8.06.